The summed E-state index contributed by atoms with van der Waals surface area (Å²) in [5.74, 6) is 1.35. The fraction of sp³-hybridized carbons (Fsp3) is 0.952. The fourth-order valence-corrected chi connectivity index (χ4v) is 7.87. The van der Waals surface area contributed by atoms with Crippen LogP contribution in [-0.2, 0) is 4.79 Å². The van der Waals surface area contributed by atoms with Crippen LogP contribution in [0.3, 0.4) is 0 Å². The second-order valence-electron chi connectivity index (χ2n) is 10.1. The molecule has 4 rings (SSSR count). The van der Waals surface area contributed by atoms with Gasteiger partial charge in [-0.25, -0.2) is 0 Å². The molecule has 0 amide bonds. The molecule has 0 aromatic heterocycles. The SMILES string of the molecule is CC(=O)[C@@]1(O)CC[C@H]2[C@@H]3CC(O)C4CC(O)CC[C@]4(C)[C@H]3CC[C@@]21C. The van der Waals surface area contributed by atoms with Crippen molar-refractivity contribution < 1.29 is 20.1 Å². The van der Waals surface area contributed by atoms with Gasteiger partial charge in [-0.15, -0.1) is 0 Å². The van der Waals surface area contributed by atoms with E-state index in [2.05, 4.69) is 13.8 Å². The first kappa shape index (κ1) is 17.9. The van der Waals surface area contributed by atoms with Crippen molar-refractivity contribution in [2.45, 2.75) is 89.9 Å². The van der Waals surface area contributed by atoms with Crippen LogP contribution < -0.4 is 0 Å². The summed E-state index contributed by atoms with van der Waals surface area (Å²) in [5, 5.41) is 32.2. The second kappa shape index (κ2) is 5.53. The number of carbonyl (C=O) groups excluding carboxylic acids is 1. The van der Waals surface area contributed by atoms with Crippen LogP contribution in [0.1, 0.15) is 72.1 Å². The molecule has 142 valence electrons. The topological polar surface area (TPSA) is 77.8 Å². The van der Waals surface area contributed by atoms with Crippen molar-refractivity contribution >= 4 is 5.78 Å². The Kier molecular flexibility index (Phi) is 3.97. The molecule has 0 spiro atoms. The van der Waals surface area contributed by atoms with Gasteiger partial charge in [0.15, 0.2) is 5.78 Å². The van der Waals surface area contributed by atoms with Gasteiger partial charge in [0.25, 0.3) is 0 Å². The van der Waals surface area contributed by atoms with Gasteiger partial charge < -0.3 is 15.3 Å². The van der Waals surface area contributed by atoms with Crippen molar-refractivity contribution in [3.8, 4) is 0 Å². The van der Waals surface area contributed by atoms with Crippen LogP contribution >= 0.6 is 0 Å². The van der Waals surface area contributed by atoms with Crippen LogP contribution in [0.15, 0.2) is 0 Å². The quantitative estimate of drug-likeness (QED) is 0.679. The summed E-state index contributed by atoms with van der Waals surface area (Å²) in [6, 6.07) is 0. The normalized spacial score (nSPS) is 58.2. The molecule has 0 aliphatic heterocycles. The molecule has 0 aromatic rings. The van der Waals surface area contributed by atoms with E-state index in [1.165, 1.54) is 6.92 Å². The van der Waals surface area contributed by atoms with Gasteiger partial charge in [0, 0.05) is 5.41 Å². The maximum absolute atomic E-state index is 12.3. The van der Waals surface area contributed by atoms with E-state index in [9.17, 15) is 20.1 Å². The highest BCUT2D eigenvalue weighted by atomic mass is 16.3. The minimum atomic E-state index is -1.19. The van der Waals surface area contributed by atoms with Crippen molar-refractivity contribution in [3.63, 3.8) is 0 Å². The number of fused-ring (bicyclic) bond motifs is 5. The monoisotopic (exact) mass is 350 g/mol. The lowest BCUT2D eigenvalue weighted by atomic mass is 9.43. The highest BCUT2D eigenvalue weighted by molar-refractivity contribution is 5.86. The number of aliphatic hydroxyl groups is 3. The van der Waals surface area contributed by atoms with Crippen molar-refractivity contribution in [3.05, 3.63) is 0 Å². The molecule has 4 aliphatic carbocycles. The molecule has 9 atom stereocenters. The Morgan fingerprint density at radius 1 is 0.920 bits per heavy atom. The van der Waals surface area contributed by atoms with Crippen LogP contribution in [0.2, 0.25) is 0 Å². The van der Waals surface area contributed by atoms with Crippen molar-refractivity contribution in [2.24, 2.45) is 34.5 Å². The molecule has 0 bridgehead atoms. The Bertz CT molecular complexity index is 576. The van der Waals surface area contributed by atoms with E-state index in [0.29, 0.717) is 24.2 Å². The van der Waals surface area contributed by atoms with Gasteiger partial charge in [0.1, 0.15) is 5.60 Å². The lowest BCUT2D eigenvalue weighted by Crippen LogP contribution is -2.61. The van der Waals surface area contributed by atoms with Gasteiger partial charge in [-0.3, -0.25) is 4.79 Å². The highest BCUT2D eigenvalue weighted by Crippen LogP contribution is 2.68. The average Bonchev–Trinajstić information content (AvgIpc) is 2.83. The van der Waals surface area contributed by atoms with E-state index in [4.69, 9.17) is 0 Å². The Labute approximate surface area is 151 Å². The van der Waals surface area contributed by atoms with Crippen LogP contribution in [0.5, 0.6) is 0 Å². The first-order valence-electron chi connectivity index (χ1n) is 10.2. The Morgan fingerprint density at radius 2 is 1.60 bits per heavy atom. The summed E-state index contributed by atoms with van der Waals surface area (Å²) in [7, 11) is 0. The number of hydrogen-bond acceptors (Lipinski definition) is 4. The molecule has 0 saturated heterocycles. The standard InChI is InChI=1S/C21H34O4/c1-12(22)21(25)9-6-16-14-11-18(24)17-10-13(23)4-7-19(17,2)15(14)5-8-20(16,21)3/h13-18,23-25H,4-11H2,1-3H3/t13?,14-,15+,16+,17?,18?,19-,20+,21+/m1/s1. The maximum atomic E-state index is 12.3. The Morgan fingerprint density at radius 3 is 2.28 bits per heavy atom. The molecule has 4 heteroatoms. The van der Waals surface area contributed by atoms with Crippen LogP contribution in [-0.4, -0.2) is 38.9 Å². The molecule has 3 unspecified atom stereocenters. The smallest absolute Gasteiger partial charge is 0.161 e. The third-order valence-electron chi connectivity index (χ3n) is 9.39. The number of ketones is 1. The number of rotatable bonds is 1. The molecule has 4 aliphatic rings. The Balaban J connectivity index is 1.68. The maximum Gasteiger partial charge on any atom is 0.161 e. The molecule has 0 radical (unpaired) electrons. The zero-order valence-electron chi connectivity index (χ0n) is 15.9. The highest BCUT2D eigenvalue weighted by Gasteiger charge is 2.67. The number of hydrogen-bond donors (Lipinski definition) is 3. The second-order valence-corrected chi connectivity index (χ2v) is 10.1. The van der Waals surface area contributed by atoms with Crippen LogP contribution in [0.4, 0.5) is 0 Å². The number of Topliss-reactive ketones (excluding diaryl/α,β-unsaturated/α-hetero) is 1. The van der Waals surface area contributed by atoms with E-state index in [1.54, 1.807) is 0 Å². The first-order chi connectivity index (χ1) is 11.6. The number of aliphatic hydroxyl groups excluding tert-OH is 2. The lowest BCUT2D eigenvalue weighted by molar-refractivity contribution is -0.189. The van der Waals surface area contributed by atoms with E-state index in [0.717, 1.165) is 44.9 Å². The molecule has 3 N–H and O–H groups in total. The predicted octanol–water partition coefficient (Wildman–Crippen LogP) is 2.68. The van der Waals surface area contributed by atoms with Crippen molar-refractivity contribution in [2.75, 3.05) is 0 Å². The van der Waals surface area contributed by atoms with E-state index in [1.807, 2.05) is 0 Å². The molecular weight excluding hydrogens is 316 g/mol. The molecule has 25 heavy (non-hydrogen) atoms. The van der Waals surface area contributed by atoms with Gasteiger partial charge in [0.2, 0.25) is 0 Å². The lowest BCUT2D eigenvalue weighted by Gasteiger charge is -2.62. The molecule has 0 aromatic carbocycles. The van der Waals surface area contributed by atoms with E-state index < -0.39 is 5.60 Å². The fourth-order valence-electron chi connectivity index (χ4n) is 7.87. The summed E-state index contributed by atoms with van der Waals surface area (Å²) in [5.41, 5.74) is -1.45. The van der Waals surface area contributed by atoms with Crippen LogP contribution in [0.25, 0.3) is 0 Å². The average molecular weight is 350 g/mol. The summed E-state index contributed by atoms with van der Waals surface area (Å²) < 4.78 is 0. The van der Waals surface area contributed by atoms with E-state index in [-0.39, 0.29) is 34.7 Å². The van der Waals surface area contributed by atoms with Gasteiger partial charge >= 0.3 is 0 Å². The minimum Gasteiger partial charge on any atom is -0.393 e. The van der Waals surface area contributed by atoms with Crippen LogP contribution in [0, 0.1) is 34.5 Å². The molecular formula is C21H34O4. The van der Waals surface area contributed by atoms with Gasteiger partial charge in [-0.05, 0) is 87.4 Å². The number of carbonyl (C=O) groups is 1. The van der Waals surface area contributed by atoms with E-state index >= 15 is 0 Å². The van der Waals surface area contributed by atoms with Gasteiger partial charge in [-0.1, -0.05) is 13.8 Å². The molecule has 4 saturated carbocycles. The van der Waals surface area contributed by atoms with Crippen molar-refractivity contribution in [1.82, 2.24) is 0 Å². The zero-order valence-corrected chi connectivity index (χ0v) is 15.9. The first-order valence-corrected chi connectivity index (χ1v) is 10.2. The summed E-state index contributed by atoms with van der Waals surface area (Å²) >= 11 is 0. The third kappa shape index (κ3) is 2.20. The van der Waals surface area contributed by atoms with Gasteiger partial charge in [0.05, 0.1) is 12.2 Å². The summed E-state index contributed by atoms with van der Waals surface area (Å²) in [6.07, 6.45) is 6.07. The van der Waals surface area contributed by atoms with Gasteiger partial charge in [-0.2, -0.15) is 0 Å². The summed E-state index contributed by atoms with van der Waals surface area (Å²) in [4.78, 5) is 12.3. The molecule has 4 nitrogen and oxygen atoms in total. The molecule has 4 fully saturated rings. The minimum absolute atomic E-state index is 0.0832. The summed E-state index contributed by atoms with van der Waals surface area (Å²) in [6.45, 7) is 5.99. The predicted molar refractivity (Wildman–Crippen MR) is 94.8 cm³/mol. The van der Waals surface area contributed by atoms with Crippen molar-refractivity contribution in [1.29, 1.82) is 0 Å². The molecule has 0 heterocycles. The Hall–Kier alpha value is -0.450. The largest absolute Gasteiger partial charge is 0.393 e. The zero-order chi connectivity index (χ0) is 18.2. The third-order valence-corrected chi connectivity index (χ3v) is 9.39.